The largest absolute Gasteiger partial charge is 0.480 e. The van der Waals surface area contributed by atoms with E-state index in [0.717, 1.165) is 12.1 Å². The Labute approximate surface area is 123 Å². The zero-order valence-electron chi connectivity index (χ0n) is 12.1. The van der Waals surface area contributed by atoms with Crippen molar-refractivity contribution in [2.75, 3.05) is 38.0 Å². The van der Waals surface area contributed by atoms with Crippen LogP contribution in [-0.2, 0) is 4.79 Å². The predicted octanol–water partition coefficient (Wildman–Crippen LogP) is 1.01. The molecule has 0 radical (unpaired) electrons. The maximum Gasteiger partial charge on any atom is 0.321 e. The summed E-state index contributed by atoms with van der Waals surface area (Å²) in [5, 5.41) is 11.7. The third-order valence-corrected chi connectivity index (χ3v) is 3.48. The Kier molecular flexibility index (Phi) is 5.10. The number of pyridine rings is 1. The number of aliphatic carboxylic acids is 1. The second kappa shape index (κ2) is 7.03. The van der Waals surface area contributed by atoms with Gasteiger partial charge in [-0.3, -0.25) is 14.7 Å². The molecule has 7 heteroatoms. The topological polar surface area (TPSA) is 85.8 Å². The number of urea groups is 1. The fourth-order valence-corrected chi connectivity index (χ4v) is 2.33. The maximum absolute atomic E-state index is 12.3. The Morgan fingerprint density at radius 2 is 2.14 bits per heavy atom. The number of amides is 2. The van der Waals surface area contributed by atoms with E-state index in [0.29, 0.717) is 31.9 Å². The molecule has 0 spiro atoms. The number of aromatic nitrogens is 1. The first-order chi connectivity index (χ1) is 10.1. The number of hydrogen-bond donors (Lipinski definition) is 2. The fraction of sp³-hybridized carbons (Fsp3) is 0.500. The van der Waals surface area contributed by atoms with Gasteiger partial charge in [0, 0.05) is 32.4 Å². The number of carbonyl (C=O) groups excluding carboxylic acids is 1. The van der Waals surface area contributed by atoms with Crippen LogP contribution in [0.1, 0.15) is 12.1 Å². The molecule has 0 unspecified atom stereocenters. The van der Waals surface area contributed by atoms with E-state index >= 15 is 0 Å². The second-order valence-electron chi connectivity index (χ2n) is 5.08. The van der Waals surface area contributed by atoms with E-state index in [-0.39, 0.29) is 12.6 Å². The number of carboxylic acids is 1. The predicted molar refractivity (Wildman–Crippen MR) is 78.3 cm³/mol. The van der Waals surface area contributed by atoms with Crippen LogP contribution in [0.25, 0.3) is 0 Å². The summed E-state index contributed by atoms with van der Waals surface area (Å²) in [7, 11) is 0. The number of nitrogens with zero attached hydrogens (tertiary/aromatic N) is 3. The molecule has 0 bridgehead atoms. The highest BCUT2D eigenvalue weighted by molar-refractivity contribution is 5.89. The molecule has 2 rings (SSSR count). The number of hydrogen-bond acceptors (Lipinski definition) is 4. The highest BCUT2D eigenvalue weighted by Gasteiger charge is 2.20. The Morgan fingerprint density at radius 3 is 2.86 bits per heavy atom. The average molecular weight is 292 g/mol. The van der Waals surface area contributed by atoms with Crippen molar-refractivity contribution in [1.29, 1.82) is 0 Å². The Bertz CT molecular complexity index is 521. The molecule has 1 aromatic heterocycles. The summed E-state index contributed by atoms with van der Waals surface area (Å²) in [6, 6.07) is 3.43. The van der Waals surface area contributed by atoms with E-state index in [1.54, 1.807) is 17.2 Å². The summed E-state index contributed by atoms with van der Waals surface area (Å²) < 4.78 is 0. The van der Waals surface area contributed by atoms with Gasteiger partial charge in [0.05, 0.1) is 17.9 Å². The molecule has 7 nitrogen and oxygen atoms in total. The van der Waals surface area contributed by atoms with Gasteiger partial charge in [-0.05, 0) is 25.5 Å². The zero-order valence-corrected chi connectivity index (χ0v) is 12.1. The number of carbonyl (C=O) groups is 2. The molecule has 1 aliphatic rings. The third-order valence-electron chi connectivity index (χ3n) is 3.48. The van der Waals surface area contributed by atoms with Crippen molar-refractivity contribution in [2.24, 2.45) is 0 Å². The lowest BCUT2D eigenvalue weighted by Gasteiger charge is -2.22. The van der Waals surface area contributed by atoms with Gasteiger partial charge in [-0.1, -0.05) is 0 Å². The van der Waals surface area contributed by atoms with Gasteiger partial charge in [0.2, 0.25) is 0 Å². The van der Waals surface area contributed by atoms with Crippen LogP contribution < -0.4 is 5.32 Å². The molecule has 0 atom stereocenters. The van der Waals surface area contributed by atoms with Crippen LogP contribution in [0, 0.1) is 6.92 Å². The van der Waals surface area contributed by atoms with E-state index in [4.69, 9.17) is 5.11 Å². The van der Waals surface area contributed by atoms with Gasteiger partial charge in [-0.2, -0.15) is 0 Å². The molecule has 0 aromatic carbocycles. The lowest BCUT2D eigenvalue weighted by molar-refractivity contribution is -0.138. The highest BCUT2D eigenvalue weighted by atomic mass is 16.4. The zero-order chi connectivity index (χ0) is 15.2. The molecule has 1 fully saturated rings. The van der Waals surface area contributed by atoms with E-state index in [2.05, 4.69) is 10.3 Å². The molecular weight excluding hydrogens is 272 g/mol. The maximum atomic E-state index is 12.3. The molecule has 2 amide bonds. The number of anilines is 1. The monoisotopic (exact) mass is 292 g/mol. The van der Waals surface area contributed by atoms with Crippen LogP contribution in [0.5, 0.6) is 0 Å². The van der Waals surface area contributed by atoms with E-state index in [1.807, 2.05) is 17.9 Å². The second-order valence-corrected chi connectivity index (χ2v) is 5.08. The van der Waals surface area contributed by atoms with Crippen molar-refractivity contribution in [1.82, 2.24) is 14.8 Å². The molecule has 0 saturated carbocycles. The summed E-state index contributed by atoms with van der Waals surface area (Å²) in [5.41, 5.74) is 1.47. The van der Waals surface area contributed by atoms with E-state index < -0.39 is 5.97 Å². The van der Waals surface area contributed by atoms with Crippen molar-refractivity contribution >= 4 is 17.7 Å². The first kappa shape index (κ1) is 15.2. The average Bonchev–Trinajstić information content (AvgIpc) is 2.66. The Balaban J connectivity index is 1.91. The van der Waals surface area contributed by atoms with Crippen molar-refractivity contribution in [3.63, 3.8) is 0 Å². The minimum atomic E-state index is -0.834. The van der Waals surface area contributed by atoms with Gasteiger partial charge in [0.15, 0.2) is 0 Å². The molecule has 114 valence electrons. The Hall–Kier alpha value is -2.15. The highest BCUT2D eigenvalue weighted by Crippen LogP contribution is 2.12. The van der Waals surface area contributed by atoms with Crippen LogP contribution in [0.2, 0.25) is 0 Å². The van der Waals surface area contributed by atoms with E-state index in [1.165, 1.54) is 0 Å². The summed E-state index contributed by atoms with van der Waals surface area (Å²) in [4.78, 5) is 30.7. The summed E-state index contributed by atoms with van der Waals surface area (Å²) >= 11 is 0. The number of carboxylic acid groups (broad SMARTS) is 1. The molecule has 2 heterocycles. The van der Waals surface area contributed by atoms with Gasteiger partial charge in [-0.15, -0.1) is 0 Å². The number of rotatable bonds is 3. The van der Waals surface area contributed by atoms with Gasteiger partial charge in [-0.25, -0.2) is 4.79 Å². The Morgan fingerprint density at radius 1 is 1.33 bits per heavy atom. The van der Waals surface area contributed by atoms with Gasteiger partial charge in [0.25, 0.3) is 0 Å². The van der Waals surface area contributed by atoms with Crippen LogP contribution in [0.15, 0.2) is 18.3 Å². The minimum absolute atomic E-state index is 0.0250. The normalized spacial score (nSPS) is 16.3. The quantitative estimate of drug-likeness (QED) is 0.868. The van der Waals surface area contributed by atoms with Crippen molar-refractivity contribution < 1.29 is 14.7 Å². The lowest BCUT2D eigenvalue weighted by Crippen LogP contribution is -2.39. The molecule has 1 aliphatic heterocycles. The molecule has 1 aromatic rings. The molecule has 21 heavy (non-hydrogen) atoms. The minimum Gasteiger partial charge on any atom is -0.480 e. The molecular formula is C14H20N4O3. The molecule has 2 N–H and O–H groups in total. The van der Waals surface area contributed by atoms with Crippen LogP contribution in [0.3, 0.4) is 0 Å². The van der Waals surface area contributed by atoms with Gasteiger partial charge >= 0.3 is 12.0 Å². The van der Waals surface area contributed by atoms with Crippen LogP contribution >= 0.6 is 0 Å². The van der Waals surface area contributed by atoms with Crippen LogP contribution in [-0.4, -0.2) is 64.6 Å². The fourth-order valence-electron chi connectivity index (χ4n) is 2.33. The molecule has 0 aliphatic carbocycles. The first-order valence-corrected chi connectivity index (χ1v) is 6.98. The van der Waals surface area contributed by atoms with Crippen molar-refractivity contribution in [3.8, 4) is 0 Å². The van der Waals surface area contributed by atoms with Gasteiger partial charge < -0.3 is 15.3 Å². The smallest absolute Gasteiger partial charge is 0.321 e. The SMILES string of the molecule is Cc1ncccc1NC(=O)N1CCCN(CC(=O)O)CC1. The standard InChI is InChI=1S/C14H20N4O3/c1-11-12(4-2-5-15-11)16-14(21)18-7-3-6-17(8-9-18)10-13(19)20/h2,4-5H,3,6-10H2,1H3,(H,16,21)(H,19,20). The summed E-state index contributed by atoms with van der Waals surface area (Å²) in [6.07, 6.45) is 2.45. The van der Waals surface area contributed by atoms with Crippen molar-refractivity contribution in [3.05, 3.63) is 24.0 Å². The van der Waals surface area contributed by atoms with Crippen LogP contribution in [0.4, 0.5) is 10.5 Å². The number of aryl methyl sites for hydroxylation is 1. The van der Waals surface area contributed by atoms with Crippen molar-refractivity contribution in [2.45, 2.75) is 13.3 Å². The lowest BCUT2D eigenvalue weighted by atomic mass is 10.3. The van der Waals surface area contributed by atoms with Gasteiger partial charge in [0.1, 0.15) is 0 Å². The molecule has 1 saturated heterocycles. The third kappa shape index (κ3) is 4.42. The first-order valence-electron chi connectivity index (χ1n) is 6.98. The summed E-state index contributed by atoms with van der Waals surface area (Å²) in [5.74, 6) is -0.834. The summed E-state index contributed by atoms with van der Waals surface area (Å²) in [6.45, 7) is 4.29. The van der Waals surface area contributed by atoms with E-state index in [9.17, 15) is 9.59 Å². The number of nitrogens with one attached hydrogen (secondary N) is 1.